The standard InChI is InChI=1S/C11H7Cl2N3S/c1-6-7(5-14)11(17-16-6)15-10-8(12)3-2-4-9(10)13/h2-4,15H,1H3. The number of nitrogens with zero attached hydrogens (tertiary/aromatic N) is 2. The third-order valence-electron chi connectivity index (χ3n) is 2.18. The molecule has 0 saturated heterocycles. The maximum absolute atomic E-state index is 9.02. The fraction of sp³-hybridized carbons (Fsp3) is 0.0909. The van der Waals surface area contributed by atoms with Gasteiger partial charge >= 0.3 is 0 Å². The molecule has 0 spiro atoms. The van der Waals surface area contributed by atoms with Gasteiger partial charge in [-0.25, -0.2) is 0 Å². The van der Waals surface area contributed by atoms with Gasteiger partial charge in [0.2, 0.25) is 0 Å². The van der Waals surface area contributed by atoms with Crippen molar-refractivity contribution >= 4 is 45.4 Å². The van der Waals surface area contributed by atoms with Crippen LogP contribution in [0.25, 0.3) is 0 Å². The number of aromatic nitrogens is 1. The van der Waals surface area contributed by atoms with Crippen molar-refractivity contribution in [2.75, 3.05) is 5.32 Å². The first kappa shape index (κ1) is 12.2. The maximum atomic E-state index is 9.02. The Bertz CT molecular complexity index is 581. The van der Waals surface area contributed by atoms with E-state index < -0.39 is 0 Å². The van der Waals surface area contributed by atoms with Crippen LogP contribution in [0.15, 0.2) is 18.2 Å². The lowest BCUT2D eigenvalue weighted by Crippen LogP contribution is -1.92. The predicted octanol–water partition coefficient (Wildman–Crippen LogP) is 4.37. The van der Waals surface area contributed by atoms with E-state index in [2.05, 4.69) is 15.8 Å². The lowest BCUT2D eigenvalue weighted by molar-refractivity contribution is 1.31. The lowest BCUT2D eigenvalue weighted by Gasteiger charge is -2.08. The Morgan fingerprint density at radius 1 is 1.35 bits per heavy atom. The van der Waals surface area contributed by atoms with Crippen LogP contribution >= 0.6 is 34.7 Å². The van der Waals surface area contributed by atoms with Gasteiger partial charge in [0.25, 0.3) is 0 Å². The van der Waals surface area contributed by atoms with E-state index in [1.165, 1.54) is 11.5 Å². The zero-order valence-corrected chi connectivity index (χ0v) is 11.1. The van der Waals surface area contributed by atoms with Crippen molar-refractivity contribution in [3.63, 3.8) is 0 Å². The number of nitriles is 1. The summed E-state index contributed by atoms with van der Waals surface area (Å²) in [6, 6.07) is 7.33. The predicted molar refractivity (Wildman–Crippen MR) is 71.3 cm³/mol. The number of hydrogen-bond acceptors (Lipinski definition) is 4. The van der Waals surface area contributed by atoms with Crippen LogP contribution in [0, 0.1) is 18.3 Å². The molecular formula is C11H7Cl2N3S. The molecule has 1 N–H and O–H groups in total. The monoisotopic (exact) mass is 283 g/mol. The van der Waals surface area contributed by atoms with Crippen molar-refractivity contribution in [3.8, 4) is 6.07 Å². The fourth-order valence-electron chi connectivity index (χ4n) is 1.32. The smallest absolute Gasteiger partial charge is 0.132 e. The number of benzene rings is 1. The first-order valence-corrected chi connectivity index (χ1v) is 6.24. The second-order valence-electron chi connectivity index (χ2n) is 3.31. The molecule has 0 aliphatic carbocycles. The Kier molecular flexibility index (Phi) is 3.53. The quantitative estimate of drug-likeness (QED) is 0.890. The van der Waals surface area contributed by atoms with Crippen molar-refractivity contribution in [3.05, 3.63) is 39.5 Å². The van der Waals surface area contributed by atoms with E-state index in [1.54, 1.807) is 25.1 Å². The highest BCUT2D eigenvalue weighted by atomic mass is 35.5. The summed E-state index contributed by atoms with van der Waals surface area (Å²) in [5.41, 5.74) is 1.81. The van der Waals surface area contributed by atoms with Crippen molar-refractivity contribution in [1.82, 2.24) is 4.37 Å². The molecule has 0 amide bonds. The molecule has 86 valence electrons. The molecule has 0 aliphatic rings. The minimum atomic E-state index is 0.507. The number of nitrogens with one attached hydrogen (secondary N) is 1. The van der Waals surface area contributed by atoms with Gasteiger partial charge in [0.05, 0.1) is 21.4 Å². The first-order valence-electron chi connectivity index (χ1n) is 4.71. The highest BCUT2D eigenvalue weighted by molar-refractivity contribution is 7.10. The SMILES string of the molecule is Cc1nsc(Nc2c(Cl)cccc2Cl)c1C#N. The average molecular weight is 284 g/mol. The van der Waals surface area contributed by atoms with Gasteiger partial charge in [0.1, 0.15) is 16.6 Å². The molecule has 0 fully saturated rings. The van der Waals surface area contributed by atoms with E-state index >= 15 is 0 Å². The van der Waals surface area contributed by atoms with Crippen LogP contribution in [0.5, 0.6) is 0 Å². The summed E-state index contributed by atoms with van der Waals surface area (Å²) in [5, 5.41) is 13.7. The van der Waals surface area contributed by atoms with Crippen LogP contribution in [0.1, 0.15) is 11.3 Å². The van der Waals surface area contributed by atoms with Gasteiger partial charge in [-0.05, 0) is 30.6 Å². The van der Waals surface area contributed by atoms with Crippen molar-refractivity contribution < 1.29 is 0 Å². The third-order valence-corrected chi connectivity index (χ3v) is 3.66. The Balaban J connectivity index is 2.42. The molecule has 2 rings (SSSR count). The van der Waals surface area contributed by atoms with E-state index in [-0.39, 0.29) is 0 Å². The molecule has 1 heterocycles. The number of anilines is 2. The Hall–Kier alpha value is -1.28. The molecule has 0 bridgehead atoms. The number of rotatable bonds is 2. The third kappa shape index (κ3) is 2.37. The minimum Gasteiger partial charge on any atom is -0.342 e. The summed E-state index contributed by atoms with van der Waals surface area (Å²) in [4.78, 5) is 0. The highest BCUT2D eigenvalue weighted by Gasteiger charge is 2.13. The molecule has 0 unspecified atom stereocenters. The van der Waals surface area contributed by atoms with E-state index in [0.29, 0.717) is 32.0 Å². The van der Waals surface area contributed by atoms with Crippen LogP contribution in [0.4, 0.5) is 10.7 Å². The summed E-state index contributed by atoms with van der Waals surface area (Å²) in [7, 11) is 0. The van der Waals surface area contributed by atoms with E-state index in [0.717, 1.165) is 0 Å². The van der Waals surface area contributed by atoms with E-state index in [9.17, 15) is 0 Å². The number of hydrogen-bond donors (Lipinski definition) is 1. The van der Waals surface area contributed by atoms with E-state index in [4.69, 9.17) is 28.5 Å². The second-order valence-corrected chi connectivity index (χ2v) is 4.89. The summed E-state index contributed by atoms with van der Waals surface area (Å²) >= 11 is 13.3. The van der Waals surface area contributed by atoms with Gasteiger partial charge < -0.3 is 5.32 Å². The van der Waals surface area contributed by atoms with Crippen molar-refractivity contribution in [1.29, 1.82) is 5.26 Å². The van der Waals surface area contributed by atoms with Crippen LogP contribution in [-0.2, 0) is 0 Å². The van der Waals surface area contributed by atoms with Crippen LogP contribution in [0.3, 0.4) is 0 Å². The van der Waals surface area contributed by atoms with Gasteiger partial charge in [-0.1, -0.05) is 29.3 Å². The molecule has 2 aromatic rings. The number of aryl methyl sites for hydroxylation is 1. The number of halogens is 2. The lowest BCUT2D eigenvalue weighted by atomic mass is 10.2. The summed E-state index contributed by atoms with van der Waals surface area (Å²) in [6.45, 7) is 1.79. The molecule has 6 heteroatoms. The normalized spacial score (nSPS) is 10.0. The Morgan fingerprint density at radius 3 is 2.59 bits per heavy atom. The highest BCUT2D eigenvalue weighted by Crippen LogP contribution is 2.35. The summed E-state index contributed by atoms with van der Waals surface area (Å²) < 4.78 is 4.11. The van der Waals surface area contributed by atoms with Gasteiger partial charge in [-0.15, -0.1) is 0 Å². The van der Waals surface area contributed by atoms with Gasteiger partial charge in [-0.2, -0.15) is 9.64 Å². The number of para-hydroxylation sites is 1. The fourth-order valence-corrected chi connectivity index (χ4v) is 2.56. The molecular weight excluding hydrogens is 277 g/mol. The van der Waals surface area contributed by atoms with Crippen molar-refractivity contribution in [2.24, 2.45) is 0 Å². The van der Waals surface area contributed by atoms with Crippen LogP contribution < -0.4 is 5.32 Å². The van der Waals surface area contributed by atoms with Gasteiger partial charge in [-0.3, -0.25) is 0 Å². The first-order chi connectivity index (χ1) is 8.13. The van der Waals surface area contributed by atoms with Gasteiger partial charge in [0, 0.05) is 0 Å². The summed E-state index contributed by atoms with van der Waals surface area (Å²) in [5.74, 6) is 0. The minimum absolute atomic E-state index is 0.507. The zero-order valence-electron chi connectivity index (χ0n) is 8.79. The molecule has 0 saturated carbocycles. The molecule has 3 nitrogen and oxygen atoms in total. The van der Waals surface area contributed by atoms with E-state index in [1.807, 2.05) is 0 Å². The van der Waals surface area contributed by atoms with Crippen molar-refractivity contribution in [2.45, 2.75) is 6.92 Å². The molecule has 17 heavy (non-hydrogen) atoms. The zero-order chi connectivity index (χ0) is 12.4. The van der Waals surface area contributed by atoms with Gasteiger partial charge in [0.15, 0.2) is 0 Å². The Morgan fingerprint density at radius 2 is 2.00 bits per heavy atom. The topological polar surface area (TPSA) is 48.7 Å². The molecule has 0 atom stereocenters. The second kappa shape index (κ2) is 4.92. The van der Waals surface area contributed by atoms with Crippen LogP contribution in [0.2, 0.25) is 10.0 Å². The largest absolute Gasteiger partial charge is 0.342 e. The molecule has 0 radical (unpaired) electrons. The maximum Gasteiger partial charge on any atom is 0.132 e. The van der Waals surface area contributed by atoms with Crippen LogP contribution in [-0.4, -0.2) is 4.37 Å². The summed E-state index contributed by atoms with van der Waals surface area (Å²) in [6.07, 6.45) is 0. The average Bonchev–Trinajstić information content (AvgIpc) is 2.64. The Labute approximate surface area is 113 Å². The molecule has 0 aliphatic heterocycles. The molecule has 1 aromatic carbocycles. The molecule has 1 aromatic heterocycles.